The molecule has 7 heteroatoms. The molecule has 2 atom stereocenters. The standard InChI is InChI=1S/C23H23N3O4/c1-16(22(28)25-20(23(29)30-2)14-26-12-11-24-15-26)18-9-6-10-19(13-18)21(27)17-7-4-3-5-8-17/h3-13,15-16,20H,14H2,1-2H3,(H,25,28)/t16-,20+/m0/s1. The first kappa shape index (κ1) is 21.0. The summed E-state index contributed by atoms with van der Waals surface area (Å²) in [5.41, 5.74) is 1.76. The summed E-state index contributed by atoms with van der Waals surface area (Å²) in [5.74, 6) is -1.56. The van der Waals surface area contributed by atoms with Gasteiger partial charge in [0.1, 0.15) is 6.04 Å². The molecule has 1 N–H and O–H groups in total. The maximum Gasteiger partial charge on any atom is 0.330 e. The molecule has 0 aliphatic carbocycles. The highest BCUT2D eigenvalue weighted by Gasteiger charge is 2.25. The fraction of sp³-hybridized carbons (Fsp3) is 0.217. The molecule has 1 amide bonds. The molecule has 0 saturated carbocycles. The third-order valence-electron chi connectivity index (χ3n) is 4.83. The van der Waals surface area contributed by atoms with E-state index in [1.807, 2.05) is 6.07 Å². The van der Waals surface area contributed by atoms with E-state index in [-0.39, 0.29) is 18.2 Å². The summed E-state index contributed by atoms with van der Waals surface area (Å²) < 4.78 is 6.50. The second kappa shape index (κ2) is 9.65. The average Bonchev–Trinajstić information content (AvgIpc) is 3.30. The maximum atomic E-state index is 12.8. The number of carbonyl (C=O) groups is 3. The minimum Gasteiger partial charge on any atom is -0.467 e. The van der Waals surface area contributed by atoms with Crippen LogP contribution in [0.1, 0.15) is 34.3 Å². The number of aromatic nitrogens is 2. The Morgan fingerprint density at radius 2 is 1.80 bits per heavy atom. The number of carbonyl (C=O) groups excluding carboxylic acids is 3. The number of rotatable bonds is 8. The molecule has 0 spiro atoms. The molecule has 154 valence electrons. The number of imidazole rings is 1. The number of benzene rings is 2. The van der Waals surface area contributed by atoms with Crippen LogP contribution in [0, 0.1) is 0 Å². The molecule has 0 aliphatic rings. The summed E-state index contributed by atoms with van der Waals surface area (Å²) in [4.78, 5) is 41.6. The van der Waals surface area contributed by atoms with Crippen LogP contribution in [0.3, 0.4) is 0 Å². The number of esters is 1. The second-order valence-corrected chi connectivity index (χ2v) is 6.89. The second-order valence-electron chi connectivity index (χ2n) is 6.89. The highest BCUT2D eigenvalue weighted by molar-refractivity contribution is 6.09. The average molecular weight is 405 g/mol. The van der Waals surface area contributed by atoms with E-state index in [2.05, 4.69) is 10.3 Å². The molecule has 0 aliphatic heterocycles. The van der Waals surface area contributed by atoms with Gasteiger partial charge in [0, 0.05) is 23.5 Å². The lowest BCUT2D eigenvalue weighted by molar-refractivity contribution is -0.145. The van der Waals surface area contributed by atoms with Gasteiger partial charge in [-0.3, -0.25) is 9.59 Å². The Morgan fingerprint density at radius 3 is 2.47 bits per heavy atom. The summed E-state index contributed by atoms with van der Waals surface area (Å²) >= 11 is 0. The summed E-state index contributed by atoms with van der Waals surface area (Å²) in [6.45, 7) is 1.94. The molecule has 3 rings (SSSR count). The Kier molecular flexibility index (Phi) is 6.75. The van der Waals surface area contributed by atoms with Crippen molar-refractivity contribution in [1.82, 2.24) is 14.9 Å². The van der Waals surface area contributed by atoms with E-state index in [9.17, 15) is 14.4 Å². The Balaban J connectivity index is 1.74. The third kappa shape index (κ3) is 5.00. The number of nitrogens with zero attached hydrogens (tertiary/aromatic N) is 2. The monoisotopic (exact) mass is 405 g/mol. The molecule has 0 fully saturated rings. The van der Waals surface area contributed by atoms with Crippen LogP contribution in [-0.2, 0) is 20.9 Å². The minimum atomic E-state index is -0.853. The van der Waals surface area contributed by atoms with Gasteiger partial charge in [0.25, 0.3) is 0 Å². The van der Waals surface area contributed by atoms with Crippen LogP contribution in [0.5, 0.6) is 0 Å². The zero-order valence-corrected chi connectivity index (χ0v) is 16.8. The Labute approximate surface area is 174 Å². The van der Waals surface area contributed by atoms with E-state index in [4.69, 9.17) is 4.74 Å². The zero-order valence-electron chi connectivity index (χ0n) is 16.8. The van der Waals surface area contributed by atoms with Crippen molar-refractivity contribution in [1.29, 1.82) is 0 Å². The molecular formula is C23H23N3O4. The van der Waals surface area contributed by atoms with Crippen LogP contribution in [0.4, 0.5) is 0 Å². The van der Waals surface area contributed by atoms with Crippen LogP contribution in [-0.4, -0.2) is 40.4 Å². The smallest absolute Gasteiger partial charge is 0.330 e. The van der Waals surface area contributed by atoms with Gasteiger partial charge in [0.05, 0.1) is 25.9 Å². The first-order valence-electron chi connectivity index (χ1n) is 9.53. The van der Waals surface area contributed by atoms with Crippen molar-refractivity contribution in [2.75, 3.05) is 7.11 Å². The molecule has 2 aromatic carbocycles. The molecule has 3 aromatic rings. The molecule has 30 heavy (non-hydrogen) atoms. The first-order chi connectivity index (χ1) is 14.5. The van der Waals surface area contributed by atoms with Gasteiger partial charge in [0.15, 0.2) is 5.78 Å². The Bertz CT molecular complexity index is 1020. The van der Waals surface area contributed by atoms with Gasteiger partial charge in [0.2, 0.25) is 5.91 Å². The van der Waals surface area contributed by atoms with E-state index in [0.717, 1.165) is 0 Å². The summed E-state index contributed by atoms with van der Waals surface area (Å²) in [5, 5.41) is 2.74. The summed E-state index contributed by atoms with van der Waals surface area (Å²) in [6.07, 6.45) is 4.85. The number of nitrogens with one attached hydrogen (secondary N) is 1. The number of hydrogen-bond acceptors (Lipinski definition) is 5. The van der Waals surface area contributed by atoms with E-state index in [1.165, 1.54) is 7.11 Å². The fourth-order valence-corrected chi connectivity index (χ4v) is 3.08. The number of amides is 1. The molecule has 0 unspecified atom stereocenters. The van der Waals surface area contributed by atoms with Crippen molar-refractivity contribution < 1.29 is 19.1 Å². The van der Waals surface area contributed by atoms with E-state index < -0.39 is 17.9 Å². The van der Waals surface area contributed by atoms with Gasteiger partial charge in [-0.05, 0) is 18.6 Å². The van der Waals surface area contributed by atoms with Crippen LogP contribution in [0.15, 0.2) is 73.3 Å². The van der Waals surface area contributed by atoms with Crippen molar-refractivity contribution >= 4 is 17.7 Å². The van der Waals surface area contributed by atoms with Gasteiger partial charge in [-0.1, -0.05) is 48.5 Å². The number of methoxy groups -OCH3 is 1. The van der Waals surface area contributed by atoms with Crippen molar-refractivity contribution in [3.8, 4) is 0 Å². The maximum absolute atomic E-state index is 12.8. The number of ether oxygens (including phenoxy) is 1. The predicted octanol–water partition coefficient (Wildman–Crippen LogP) is 2.58. The van der Waals surface area contributed by atoms with Gasteiger partial charge in [-0.15, -0.1) is 0 Å². The fourth-order valence-electron chi connectivity index (χ4n) is 3.08. The van der Waals surface area contributed by atoms with Crippen molar-refractivity contribution in [2.45, 2.75) is 25.4 Å². The first-order valence-corrected chi connectivity index (χ1v) is 9.53. The Hall–Kier alpha value is -3.74. The third-order valence-corrected chi connectivity index (χ3v) is 4.83. The normalized spacial score (nSPS) is 12.6. The van der Waals surface area contributed by atoms with Gasteiger partial charge < -0.3 is 14.6 Å². The van der Waals surface area contributed by atoms with E-state index in [0.29, 0.717) is 16.7 Å². The SMILES string of the molecule is COC(=O)[C@@H](Cn1ccnc1)NC(=O)[C@@H](C)c1cccc(C(=O)c2ccccc2)c1. The van der Waals surface area contributed by atoms with E-state index >= 15 is 0 Å². The highest BCUT2D eigenvalue weighted by atomic mass is 16.5. The molecule has 0 bridgehead atoms. The molecule has 0 radical (unpaired) electrons. The van der Waals surface area contributed by atoms with Crippen LogP contribution in [0.2, 0.25) is 0 Å². The van der Waals surface area contributed by atoms with Gasteiger partial charge >= 0.3 is 5.97 Å². The molecular weight excluding hydrogens is 382 g/mol. The minimum absolute atomic E-state index is 0.113. The van der Waals surface area contributed by atoms with Gasteiger partial charge in [-0.25, -0.2) is 9.78 Å². The van der Waals surface area contributed by atoms with Crippen LogP contribution >= 0.6 is 0 Å². The highest BCUT2D eigenvalue weighted by Crippen LogP contribution is 2.19. The zero-order chi connectivity index (χ0) is 21.5. The Morgan fingerprint density at radius 1 is 1.07 bits per heavy atom. The predicted molar refractivity (Wildman–Crippen MR) is 111 cm³/mol. The lowest BCUT2D eigenvalue weighted by Gasteiger charge is -2.20. The van der Waals surface area contributed by atoms with Gasteiger partial charge in [-0.2, -0.15) is 0 Å². The lowest BCUT2D eigenvalue weighted by atomic mass is 9.95. The molecule has 1 heterocycles. The quantitative estimate of drug-likeness (QED) is 0.460. The van der Waals surface area contributed by atoms with Crippen molar-refractivity contribution in [3.05, 3.63) is 90.0 Å². The summed E-state index contributed by atoms with van der Waals surface area (Å²) in [7, 11) is 1.28. The van der Waals surface area contributed by atoms with Crippen LogP contribution < -0.4 is 5.32 Å². The summed E-state index contributed by atoms with van der Waals surface area (Å²) in [6, 6.07) is 15.1. The topological polar surface area (TPSA) is 90.3 Å². The number of ketones is 1. The molecule has 0 saturated heterocycles. The van der Waals surface area contributed by atoms with Crippen molar-refractivity contribution in [2.24, 2.45) is 0 Å². The van der Waals surface area contributed by atoms with Crippen molar-refractivity contribution in [3.63, 3.8) is 0 Å². The molecule has 7 nitrogen and oxygen atoms in total. The van der Waals surface area contributed by atoms with Crippen LogP contribution in [0.25, 0.3) is 0 Å². The lowest BCUT2D eigenvalue weighted by Crippen LogP contribution is -2.45. The van der Waals surface area contributed by atoms with E-state index in [1.54, 1.807) is 78.7 Å². The number of hydrogen-bond donors (Lipinski definition) is 1. The molecule has 1 aromatic heterocycles. The largest absolute Gasteiger partial charge is 0.467 e.